The number of amides is 4. The van der Waals surface area contributed by atoms with Crippen LogP contribution < -0.4 is 16.1 Å². The number of carboxylic acids is 1. The highest BCUT2D eigenvalue weighted by atomic mass is 16.4. The summed E-state index contributed by atoms with van der Waals surface area (Å²) in [5, 5.41) is 16.2. The number of benzene rings is 1. The Kier molecular flexibility index (Phi) is 14.8. The van der Waals surface area contributed by atoms with Crippen LogP contribution in [0.2, 0.25) is 0 Å². The average molecular weight is 614 g/mol. The predicted octanol–water partition coefficient (Wildman–Crippen LogP) is 4.20. The summed E-state index contributed by atoms with van der Waals surface area (Å²) < 4.78 is 0. The number of nitrogens with zero attached hydrogens (tertiary/aromatic N) is 2. The van der Waals surface area contributed by atoms with Crippen LogP contribution in [-0.2, 0) is 19.2 Å². The number of unbranched alkanes of at least 4 members (excludes halogenated alkanes) is 2. The number of carboxylic acid groups (broad SMARTS) is 1. The molecule has 2 fully saturated rings. The van der Waals surface area contributed by atoms with Crippen molar-refractivity contribution < 1.29 is 29.1 Å². The molecule has 1 atom stereocenters. The molecule has 11 heteroatoms. The maximum absolute atomic E-state index is 13.7. The number of nitrogens with one attached hydrogen (secondary N) is 3. The van der Waals surface area contributed by atoms with Gasteiger partial charge >= 0.3 is 5.97 Å². The van der Waals surface area contributed by atoms with E-state index in [-0.39, 0.29) is 36.9 Å². The summed E-state index contributed by atoms with van der Waals surface area (Å²) in [5.74, 6) is -1.59. The lowest BCUT2D eigenvalue weighted by Gasteiger charge is -2.35. The molecule has 2 aliphatic rings. The molecule has 3 rings (SSSR count). The van der Waals surface area contributed by atoms with E-state index < -0.39 is 23.7 Å². The van der Waals surface area contributed by atoms with Crippen molar-refractivity contribution >= 4 is 35.3 Å². The van der Waals surface area contributed by atoms with E-state index >= 15 is 0 Å². The number of carbonyl (C=O) groups is 5. The molecule has 4 N–H and O–H groups in total. The largest absolute Gasteiger partial charge is 0.481 e. The summed E-state index contributed by atoms with van der Waals surface area (Å²) in [6, 6.07) is 6.31. The van der Waals surface area contributed by atoms with Crippen molar-refractivity contribution in [3.8, 4) is 0 Å². The normalized spacial score (nSPS) is 17.3. The van der Waals surface area contributed by atoms with E-state index in [1.54, 1.807) is 17.0 Å². The monoisotopic (exact) mass is 613 g/mol. The molecule has 2 saturated heterocycles. The van der Waals surface area contributed by atoms with Crippen molar-refractivity contribution in [3.63, 3.8) is 0 Å². The third-order valence-electron chi connectivity index (χ3n) is 8.48. The van der Waals surface area contributed by atoms with Gasteiger partial charge in [-0.25, -0.2) is 10.4 Å². The summed E-state index contributed by atoms with van der Waals surface area (Å²) in [6.07, 6.45) is 8.83. The van der Waals surface area contributed by atoms with E-state index in [1.165, 1.54) is 12.1 Å². The summed E-state index contributed by atoms with van der Waals surface area (Å²) >= 11 is 0. The number of rotatable bonds is 16. The number of hydrogen-bond donors (Lipinski definition) is 4. The number of aliphatic carboxylic acids is 1. The molecule has 1 aromatic rings. The zero-order valence-electron chi connectivity index (χ0n) is 26.4. The molecule has 0 saturated carbocycles. The number of carbonyl (C=O) groups excluding carboxylic acids is 4. The van der Waals surface area contributed by atoms with Crippen LogP contribution in [0, 0.1) is 17.8 Å². The fourth-order valence-corrected chi connectivity index (χ4v) is 5.83. The Morgan fingerprint density at radius 3 is 2.39 bits per heavy atom. The van der Waals surface area contributed by atoms with Crippen molar-refractivity contribution in [3.05, 3.63) is 29.8 Å². The van der Waals surface area contributed by atoms with Crippen LogP contribution in [0.5, 0.6) is 0 Å². The Balaban J connectivity index is 1.58. The van der Waals surface area contributed by atoms with Gasteiger partial charge in [0.25, 0.3) is 5.91 Å². The third kappa shape index (κ3) is 12.0. The Bertz CT molecular complexity index is 1100. The molecule has 11 nitrogen and oxygen atoms in total. The molecule has 0 bridgehead atoms. The summed E-state index contributed by atoms with van der Waals surface area (Å²) in [6.45, 7) is 7.04. The molecule has 1 aromatic carbocycles. The van der Waals surface area contributed by atoms with Gasteiger partial charge in [-0.05, 0) is 87.7 Å². The standard InChI is InChI=1S/C33H51N5O6/c1-24(2)7-4-3-5-9-29(39)36-28-13-11-26(12-14-28)32(43)38(35-21-18-31(41)42)33(44)27-8-6-22-37(23-27)30(40)15-10-25-16-19-34-20-17-25/h11-14,24-25,27,34-35H,3-10,15-23H2,1-2H3,(H,36,39)(H,41,42)/t27-/m1/s1. The van der Waals surface area contributed by atoms with Crippen LogP contribution in [0.25, 0.3) is 0 Å². The quantitative estimate of drug-likeness (QED) is 0.123. The smallest absolute Gasteiger partial charge is 0.304 e. The lowest BCUT2D eigenvalue weighted by Crippen LogP contribution is -2.53. The lowest BCUT2D eigenvalue weighted by atomic mass is 9.92. The number of imide groups is 1. The number of hydrazine groups is 1. The van der Waals surface area contributed by atoms with Gasteiger partial charge in [0.15, 0.2) is 0 Å². The Labute approximate surface area is 261 Å². The summed E-state index contributed by atoms with van der Waals surface area (Å²) in [4.78, 5) is 65.4. The first-order valence-electron chi connectivity index (χ1n) is 16.4. The van der Waals surface area contributed by atoms with Crippen molar-refractivity contribution in [2.75, 3.05) is 38.0 Å². The van der Waals surface area contributed by atoms with Crippen molar-refractivity contribution in [2.24, 2.45) is 17.8 Å². The van der Waals surface area contributed by atoms with E-state index in [1.807, 2.05) is 0 Å². The summed E-state index contributed by atoms with van der Waals surface area (Å²) in [5.41, 5.74) is 3.49. The van der Waals surface area contributed by atoms with Gasteiger partial charge in [-0.2, -0.15) is 0 Å². The van der Waals surface area contributed by atoms with Crippen molar-refractivity contribution in [1.29, 1.82) is 0 Å². The molecule has 2 aliphatic heterocycles. The number of likely N-dealkylation sites (tertiary alicyclic amines) is 1. The Morgan fingerprint density at radius 2 is 1.70 bits per heavy atom. The van der Waals surface area contributed by atoms with E-state index in [0.29, 0.717) is 49.8 Å². The van der Waals surface area contributed by atoms with Gasteiger partial charge in [0.2, 0.25) is 17.7 Å². The molecule has 0 unspecified atom stereocenters. The predicted molar refractivity (Wildman–Crippen MR) is 169 cm³/mol. The fraction of sp³-hybridized carbons (Fsp3) is 0.667. The molecule has 244 valence electrons. The lowest BCUT2D eigenvalue weighted by molar-refractivity contribution is -0.142. The van der Waals surface area contributed by atoms with Crippen molar-refractivity contribution in [1.82, 2.24) is 20.7 Å². The topological polar surface area (TPSA) is 148 Å². The zero-order chi connectivity index (χ0) is 31.9. The van der Waals surface area contributed by atoms with Gasteiger partial charge < -0.3 is 20.6 Å². The average Bonchev–Trinajstić information content (AvgIpc) is 3.02. The van der Waals surface area contributed by atoms with Crippen LogP contribution in [-0.4, -0.2) is 77.3 Å². The molecule has 0 spiro atoms. The van der Waals surface area contributed by atoms with Gasteiger partial charge in [-0.3, -0.25) is 24.0 Å². The minimum atomic E-state index is -1.06. The Morgan fingerprint density at radius 1 is 0.977 bits per heavy atom. The summed E-state index contributed by atoms with van der Waals surface area (Å²) in [7, 11) is 0. The third-order valence-corrected chi connectivity index (χ3v) is 8.48. The van der Waals surface area contributed by atoms with Crippen LogP contribution in [0.3, 0.4) is 0 Å². The molecule has 2 heterocycles. The van der Waals surface area contributed by atoms with E-state index in [0.717, 1.165) is 63.0 Å². The minimum absolute atomic E-state index is 0.0333. The van der Waals surface area contributed by atoms with Gasteiger partial charge in [0.05, 0.1) is 12.3 Å². The number of anilines is 1. The van der Waals surface area contributed by atoms with Gasteiger partial charge in [0, 0.05) is 43.7 Å². The number of hydrogen-bond acceptors (Lipinski definition) is 7. The van der Waals surface area contributed by atoms with Crippen LogP contribution in [0.1, 0.15) is 101 Å². The second kappa shape index (κ2) is 18.5. The molecule has 0 aromatic heterocycles. The van der Waals surface area contributed by atoms with Crippen LogP contribution in [0.4, 0.5) is 5.69 Å². The molecular formula is C33H51N5O6. The van der Waals surface area contributed by atoms with Gasteiger partial charge in [-0.15, -0.1) is 0 Å². The second-order valence-corrected chi connectivity index (χ2v) is 12.6. The van der Waals surface area contributed by atoms with Crippen LogP contribution >= 0.6 is 0 Å². The number of piperidine rings is 2. The van der Waals surface area contributed by atoms with Gasteiger partial charge in [0.1, 0.15) is 0 Å². The van der Waals surface area contributed by atoms with Gasteiger partial charge in [-0.1, -0.05) is 33.1 Å². The van der Waals surface area contributed by atoms with E-state index in [9.17, 15) is 24.0 Å². The first-order valence-corrected chi connectivity index (χ1v) is 16.4. The van der Waals surface area contributed by atoms with Crippen molar-refractivity contribution in [2.45, 2.75) is 90.9 Å². The van der Waals surface area contributed by atoms with E-state index in [4.69, 9.17) is 5.11 Å². The maximum Gasteiger partial charge on any atom is 0.304 e. The first kappa shape index (κ1) is 35.2. The second-order valence-electron chi connectivity index (χ2n) is 12.6. The maximum atomic E-state index is 13.7. The highest BCUT2D eigenvalue weighted by molar-refractivity contribution is 6.05. The minimum Gasteiger partial charge on any atom is -0.481 e. The SMILES string of the molecule is CC(C)CCCCCC(=O)Nc1ccc(C(=O)N(NCCC(=O)O)C(=O)[C@@H]2CCCN(C(=O)CCC3CCNCC3)C2)cc1. The molecule has 44 heavy (non-hydrogen) atoms. The van der Waals surface area contributed by atoms with Crippen LogP contribution in [0.15, 0.2) is 24.3 Å². The molecule has 0 radical (unpaired) electrons. The fourth-order valence-electron chi connectivity index (χ4n) is 5.83. The first-order chi connectivity index (χ1) is 21.1. The molecule has 0 aliphatic carbocycles. The highest BCUT2D eigenvalue weighted by Crippen LogP contribution is 2.23. The van der Waals surface area contributed by atoms with E-state index in [2.05, 4.69) is 29.9 Å². The highest BCUT2D eigenvalue weighted by Gasteiger charge is 2.34. The molecule has 4 amide bonds. The molecular weight excluding hydrogens is 562 g/mol. The Hall–Kier alpha value is -3.31. The zero-order valence-corrected chi connectivity index (χ0v) is 26.4.